The summed E-state index contributed by atoms with van der Waals surface area (Å²) >= 11 is 8.32. The van der Waals surface area contributed by atoms with Crippen molar-refractivity contribution in [1.82, 2.24) is 0 Å². The van der Waals surface area contributed by atoms with E-state index in [2.05, 4.69) is 42.5 Å². The first-order chi connectivity index (χ1) is 17.1. The monoisotopic (exact) mass is 493 g/mol. The van der Waals surface area contributed by atoms with Crippen molar-refractivity contribution in [2.45, 2.75) is 0 Å². The normalized spacial score (nSPS) is 12.8. The average molecular weight is 494 g/mol. The van der Waals surface area contributed by atoms with Gasteiger partial charge in [-0.05, 0) is 0 Å². The molecule has 172 valence electrons. The first-order valence-electron chi connectivity index (χ1n) is 11.4. The quantitative estimate of drug-likeness (QED) is 0.214. The second-order valence-corrected chi connectivity index (χ2v) is 14.4. The summed E-state index contributed by atoms with van der Waals surface area (Å²) in [6.07, 6.45) is 1.70. The summed E-state index contributed by atoms with van der Waals surface area (Å²) in [4.78, 5) is 4.89. The molecule has 5 aromatic rings. The standard InChI is InChI=1S/C31H25ClNOP/c32-35(26-15-4-1-5-16-26,27-17-6-2-7-18-27,28-19-8-3-9-20-28)31-23-13-11-21-29(31)33-24-25-14-10-12-22-30(25)34/h1-24,34H. The molecule has 0 aliphatic carbocycles. The van der Waals surface area contributed by atoms with Gasteiger partial charge in [-0.15, -0.1) is 0 Å². The molecule has 0 spiro atoms. The molecule has 4 heteroatoms. The zero-order valence-electron chi connectivity index (χ0n) is 19.1. The number of hydrogen-bond acceptors (Lipinski definition) is 2. The van der Waals surface area contributed by atoms with Gasteiger partial charge in [0.25, 0.3) is 0 Å². The van der Waals surface area contributed by atoms with E-state index in [4.69, 9.17) is 16.2 Å². The van der Waals surface area contributed by atoms with Gasteiger partial charge in [0.2, 0.25) is 0 Å². The van der Waals surface area contributed by atoms with Crippen molar-refractivity contribution in [3.05, 3.63) is 145 Å². The SMILES string of the molecule is Oc1ccccc1C=Nc1ccccc1P(Cl)(c1ccccc1)(c1ccccc1)c1ccccc1. The van der Waals surface area contributed by atoms with Crippen LogP contribution in [0.4, 0.5) is 5.69 Å². The van der Waals surface area contributed by atoms with E-state index in [1.54, 1.807) is 18.3 Å². The minimum atomic E-state index is -3.73. The fourth-order valence-corrected chi connectivity index (χ4v) is 10.9. The van der Waals surface area contributed by atoms with E-state index in [1.807, 2.05) is 84.9 Å². The maximum atomic E-state index is 10.3. The van der Waals surface area contributed by atoms with Gasteiger partial charge in [-0.1, -0.05) is 0 Å². The molecule has 0 aromatic heterocycles. The van der Waals surface area contributed by atoms with Crippen molar-refractivity contribution < 1.29 is 5.11 Å². The molecule has 0 atom stereocenters. The van der Waals surface area contributed by atoms with Gasteiger partial charge in [-0.25, -0.2) is 0 Å². The molecule has 0 aliphatic rings. The number of aromatic hydroxyl groups is 1. The van der Waals surface area contributed by atoms with E-state index in [0.29, 0.717) is 5.56 Å². The van der Waals surface area contributed by atoms with E-state index < -0.39 is 5.96 Å². The summed E-state index contributed by atoms with van der Waals surface area (Å²) < 4.78 is 0. The number of phenolic OH excluding ortho intramolecular Hbond substituents is 1. The van der Waals surface area contributed by atoms with Crippen LogP contribution in [-0.2, 0) is 0 Å². The third-order valence-corrected chi connectivity index (χ3v) is 13.7. The van der Waals surface area contributed by atoms with Crippen molar-refractivity contribution in [3.63, 3.8) is 0 Å². The van der Waals surface area contributed by atoms with Gasteiger partial charge in [0.15, 0.2) is 0 Å². The Labute approximate surface area is 210 Å². The predicted octanol–water partition coefficient (Wildman–Crippen LogP) is 6.45. The first kappa shape index (κ1) is 23.1. The second-order valence-electron chi connectivity index (χ2n) is 8.32. The minimum absolute atomic E-state index is 0.186. The molecule has 0 radical (unpaired) electrons. The fraction of sp³-hybridized carbons (Fsp3) is 0. The topological polar surface area (TPSA) is 32.6 Å². The van der Waals surface area contributed by atoms with Gasteiger partial charge in [-0.3, -0.25) is 0 Å². The Kier molecular flexibility index (Phi) is 6.26. The first-order valence-corrected chi connectivity index (χ1v) is 14.6. The Bertz CT molecular complexity index is 1370. The van der Waals surface area contributed by atoms with Crippen LogP contribution in [0.1, 0.15) is 5.56 Å². The van der Waals surface area contributed by atoms with E-state index in [-0.39, 0.29) is 5.75 Å². The molecule has 2 nitrogen and oxygen atoms in total. The van der Waals surface area contributed by atoms with Gasteiger partial charge in [0.05, 0.1) is 0 Å². The van der Waals surface area contributed by atoms with Gasteiger partial charge in [0.1, 0.15) is 0 Å². The summed E-state index contributed by atoms with van der Waals surface area (Å²) in [6, 6.07) is 46.3. The molecule has 0 bridgehead atoms. The van der Waals surface area contributed by atoms with E-state index in [1.165, 1.54) is 0 Å². The van der Waals surface area contributed by atoms with Crippen LogP contribution in [-0.4, -0.2) is 11.3 Å². The predicted molar refractivity (Wildman–Crippen MR) is 152 cm³/mol. The van der Waals surface area contributed by atoms with E-state index in [0.717, 1.165) is 26.9 Å². The van der Waals surface area contributed by atoms with Crippen molar-refractivity contribution in [2.24, 2.45) is 4.99 Å². The Hall–Kier alpha value is -3.71. The van der Waals surface area contributed by atoms with Gasteiger partial charge >= 0.3 is 211 Å². The number of benzene rings is 5. The molecule has 5 aromatic carbocycles. The van der Waals surface area contributed by atoms with E-state index in [9.17, 15) is 5.11 Å². The average Bonchev–Trinajstić information content (AvgIpc) is 2.94. The van der Waals surface area contributed by atoms with Crippen LogP contribution in [0.3, 0.4) is 0 Å². The Morgan fingerprint density at radius 3 is 1.49 bits per heavy atom. The summed E-state index contributed by atoms with van der Waals surface area (Å²) in [7, 11) is 0. The molecule has 0 amide bonds. The third-order valence-electron chi connectivity index (χ3n) is 6.34. The van der Waals surface area contributed by atoms with Crippen molar-refractivity contribution >= 4 is 50.3 Å². The second kappa shape index (κ2) is 9.50. The number of aliphatic imine (C=N–C) groups is 1. The Balaban J connectivity index is 1.89. The van der Waals surface area contributed by atoms with Crippen molar-refractivity contribution in [3.8, 4) is 5.75 Å². The molecule has 0 fully saturated rings. The van der Waals surface area contributed by atoms with Crippen molar-refractivity contribution in [2.75, 3.05) is 0 Å². The number of para-hydroxylation sites is 2. The number of halogens is 1. The molecule has 0 heterocycles. The molecule has 0 saturated carbocycles. The Morgan fingerprint density at radius 2 is 0.971 bits per heavy atom. The molecule has 35 heavy (non-hydrogen) atoms. The Morgan fingerprint density at radius 1 is 0.543 bits per heavy atom. The van der Waals surface area contributed by atoms with Crippen LogP contribution in [0.5, 0.6) is 5.75 Å². The third kappa shape index (κ3) is 3.86. The van der Waals surface area contributed by atoms with Crippen LogP contribution < -0.4 is 21.2 Å². The summed E-state index contributed by atoms with van der Waals surface area (Å²) in [5.74, 6) is -3.54. The fourth-order valence-electron chi connectivity index (χ4n) is 4.65. The summed E-state index contributed by atoms with van der Waals surface area (Å²) in [5, 5.41) is 14.4. The molecule has 5 rings (SSSR count). The number of nitrogens with zero attached hydrogens (tertiary/aromatic N) is 1. The summed E-state index contributed by atoms with van der Waals surface area (Å²) in [5.41, 5.74) is 1.41. The number of phenols is 1. The molecular formula is C31H25ClNOP. The van der Waals surface area contributed by atoms with Crippen molar-refractivity contribution in [1.29, 1.82) is 0 Å². The summed E-state index contributed by atoms with van der Waals surface area (Å²) in [6.45, 7) is 0. The molecule has 1 N–H and O–H groups in total. The maximum absolute atomic E-state index is 10.3. The zero-order chi connectivity index (χ0) is 24.2. The van der Waals surface area contributed by atoms with Crippen LogP contribution in [0.25, 0.3) is 0 Å². The zero-order valence-corrected chi connectivity index (χ0v) is 20.7. The van der Waals surface area contributed by atoms with Gasteiger partial charge < -0.3 is 0 Å². The molecule has 0 aliphatic heterocycles. The molecular weight excluding hydrogens is 469 g/mol. The van der Waals surface area contributed by atoms with Gasteiger partial charge in [-0.2, -0.15) is 0 Å². The van der Waals surface area contributed by atoms with Crippen LogP contribution in [0.2, 0.25) is 0 Å². The van der Waals surface area contributed by atoms with E-state index >= 15 is 0 Å². The number of hydrogen-bond donors (Lipinski definition) is 1. The number of rotatable bonds is 6. The van der Waals surface area contributed by atoms with Crippen LogP contribution in [0.15, 0.2) is 145 Å². The van der Waals surface area contributed by atoms with Gasteiger partial charge in [0, 0.05) is 0 Å². The molecule has 0 unspecified atom stereocenters. The van der Waals surface area contributed by atoms with Crippen LogP contribution in [0, 0.1) is 0 Å². The molecule has 0 saturated heterocycles. The van der Waals surface area contributed by atoms with Crippen LogP contribution >= 0.6 is 17.2 Å².